The third-order valence-electron chi connectivity index (χ3n) is 0. The minimum absolute atomic E-state index is 0. The fraction of sp³-hybridized carbons (Fsp3) is 0.500. The number of carboxylic acid groups (broad SMARTS) is 1. The summed E-state index contributed by atoms with van der Waals surface area (Å²) in [5.74, 6) is -1.08. The van der Waals surface area contributed by atoms with Crippen LogP contribution in [0.25, 0.3) is 0 Å². The number of carbonyl (C=O) groups excluding carboxylic acids is 1. The van der Waals surface area contributed by atoms with Crippen LogP contribution in [0.4, 0.5) is 0 Å². The SMILES string of the molecule is CC(=O)[O-].[Eu+3]. The molecule has 0 unspecified atom stereocenters. The van der Waals surface area contributed by atoms with Gasteiger partial charge in [-0.1, -0.05) is 0 Å². The number of aliphatic carboxylic acids is 1. The van der Waals surface area contributed by atoms with Crippen molar-refractivity contribution in [2.45, 2.75) is 6.92 Å². The first-order chi connectivity index (χ1) is 1.73. The Bertz CT molecular complexity index is 30.6. The number of carboxylic acids is 1. The Labute approximate surface area is 71.1 Å². The summed E-state index contributed by atoms with van der Waals surface area (Å²) in [6.07, 6.45) is 0. The summed E-state index contributed by atoms with van der Waals surface area (Å²) in [4.78, 5) is 8.89. The van der Waals surface area contributed by atoms with Crippen LogP contribution in [0.15, 0.2) is 0 Å². The van der Waals surface area contributed by atoms with Crippen LogP contribution < -0.4 is 5.11 Å². The molecule has 0 spiro atoms. The summed E-state index contributed by atoms with van der Waals surface area (Å²) in [6, 6.07) is 0. The molecule has 0 N–H and O–H groups in total. The second kappa shape index (κ2) is 5.05. The summed E-state index contributed by atoms with van der Waals surface area (Å²) in [7, 11) is 0. The van der Waals surface area contributed by atoms with Crippen LogP contribution in [-0.2, 0) is 4.79 Å². The van der Waals surface area contributed by atoms with Crippen molar-refractivity contribution >= 4 is 5.97 Å². The molecule has 0 aliphatic rings. The van der Waals surface area contributed by atoms with Crippen LogP contribution in [0, 0.1) is 49.4 Å². The molecule has 0 amide bonds. The van der Waals surface area contributed by atoms with E-state index in [-0.39, 0.29) is 49.4 Å². The van der Waals surface area contributed by atoms with Gasteiger partial charge in [0, 0.05) is 5.97 Å². The van der Waals surface area contributed by atoms with Crippen LogP contribution >= 0.6 is 0 Å². The van der Waals surface area contributed by atoms with Crippen molar-refractivity contribution in [1.29, 1.82) is 0 Å². The summed E-state index contributed by atoms with van der Waals surface area (Å²) in [5, 5.41) is 8.89. The smallest absolute Gasteiger partial charge is 0.550 e. The number of rotatable bonds is 0. The van der Waals surface area contributed by atoms with Gasteiger partial charge in [-0.2, -0.15) is 0 Å². The van der Waals surface area contributed by atoms with Gasteiger partial charge in [-0.05, 0) is 6.92 Å². The molecule has 2 nitrogen and oxygen atoms in total. The Morgan fingerprint density at radius 3 is 1.80 bits per heavy atom. The van der Waals surface area contributed by atoms with Crippen LogP contribution in [-0.4, -0.2) is 5.97 Å². The predicted octanol–water partition coefficient (Wildman–Crippen LogP) is -1.24. The van der Waals surface area contributed by atoms with Crippen LogP contribution in [0.3, 0.4) is 0 Å². The van der Waals surface area contributed by atoms with Crippen molar-refractivity contribution in [2.75, 3.05) is 0 Å². The molecule has 0 saturated heterocycles. The molecule has 0 aliphatic heterocycles. The fourth-order valence-electron chi connectivity index (χ4n) is 0. The van der Waals surface area contributed by atoms with E-state index in [1.165, 1.54) is 0 Å². The van der Waals surface area contributed by atoms with Gasteiger partial charge < -0.3 is 9.90 Å². The summed E-state index contributed by atoms with van der Waals surface area (Å²) in [6.45, 7) is 0.972. The van der Waals surface area contributed by atoms with Gasteiger partial charge in [0.25, 0.3) is 0 Å². The van der Waals surface area contributed by atoms with Crippen LogP contribution in [0.5, 0.6) is 0 Å². The molecule has 0 heterocycles. The predicted molar refractivity (Wildman–Crippen MR) is 10.7 cm³/mol. The monoisotopic (exact) mass is 212 g/mol. The van der Waals surface area contributed by atoms with Gasteiger partial charge in [-0.25, -0.2) is 0 Å². The molecule has 28 valence electrons. The Morgan fingerprint density at radius 1 is 1.80 bits per heavy atom. The number of carbonyl (C=O) groups is 1. The van der Waals surface area contributed by atoms with E-state index in [9.17, 15) is 0 Å². The Balaban J connectivity index is 0. The Hall–Kier alpha value is 1.05. The molecule has 0 bridgehead atoms. The standard InChI is InChI=1S/C2H4O2.Eu/c1-2(3)4;/h1H3,(H,3,4);/q;+3/p-1. The minimum atomic E-state index is -1.08. The van der Waals surface area contributed by atoms with E-state index in [1.54, 1.807) is 0 Å². The normalized spacial score (nSPS) is 5.00. The average molecular weight is 211 g/mol. The van der Waals surface area contributed by atoms with E-state index in [0.29, 0.717) is 0 Å². The largest absolute Gasteiger partial charge is 3.00 e. The first-order valence-electron chi connectivity index (χ1n) is 0.908. The zero-order valence-electron chi connectivity index (χ0n) is 2.69. The second-order valence-corrected chi connectivity index (χ2v) is 0.492. The average Bonchev–Trinajstić information content (AvgIpc) is 0.811. The topological polar surface area (TPSA) is 40.1 Å². The Morgan fingerprint density at radius 2 is 1.80 bits per heavy atom. The van der Waals surface area contributed by atoms with E-state index in [2.05, 4.69) is 0 Å². The van der Waals surface area contributed by atoms with Gasteiger partial charge in [0.1, 0.15) is 0 Å². The molecule has 0 atom stereocenters. The molecule has 0 aliphatic carbocycles. The molecule has 0 radical (unpaired) electrons. The third-order valence-corrected chi connectivity index (χ3v) is 0. The van der Waals surface area contributed by atoms with Crippen molar-refractivity contribution in [2.24, 2.45) is 0 Å². The zero-order valence-corrected chi connectivity index (χ0v) is 5.12. The van der Waals surface area contributed by atoms with Gasteiger partial charge in [-0.15, -0.1) is 0 Å². The molecule has 0 fully saturated rings. The maximum absolute atomic E-state index is 8.89. The summed E-state index contributed by atoms with van der Waals surface area (Å²) in [5.41, 5.74) is 0. The van der Waals surface area contributed by atoms with Crippen molar-refractivity contribution in [1.82, 2.24) is 0 Å². The maximum atomic E-state index is 8.89. The van der Waals surface area contributed by atoms with E-state index in [1.807, 2.05) is 0 Å². The molecule has 0 rings (SSSR count). The fourth-order valence-corrected chi connectivity index (χ4v) is 0. The van der Waals surface area contributed by atoms with Gasteiger partial charge in [-0.3, -0.25) is 0 Å². The van der Waals surface area contributed by atoms with Crippen molar-refractivity contribution in [3.8, 4) is 0 Å². The van der Waals surface area contributed by atoms with Gasteiger partial charge in [0.2, 0.25) is 0 Å². The minimum Gasteiger partial charge on any atom is -0.550 e. The quantitative estimate of drug-likeness (QED) is 0.502. The Kier molecular flexibility index (Phi) is 9.51. The van der Waals surface area contributed by atoms with E-state index < -0.39 is 5.97 Å². The van der Waals surface area contributed by atoms with Crippen molar-refractivity contribution in [3.63, 3.8) is 0 Å². The van der Waals surface area contributed by atoms with E-state index in [0.717, 1.165) is 6.92 Å². The maximum Gasteiger partial charge on any atom is 3.00 e. The molecule has 5 heavy (non-hydrogen) atoms. The molecule has 0 aromatic heterocycles. The molecular weight excluding hydrogens is 208 g/mol. The molecule has 0 saturated carbocycles. The van der Waals surface area contributed by atoms with Crippen molar-refractivity contribution in [3.05, 3.63) is 0 Å². The molecule has 3 heteroatoms. The summed E-state index contributed by atoms with van der Waals surface area (Å²) >= 11 is 0. The van der Waals surface area contributed by atoms with Crippen LogP contribution in [0.1, 0.15) is 6.92 Å². The van der Waals surface area contributed by atoms with Gasteiger partial charge in [0.15, 0.2) is 0 Å². The third kappa shape index (κ3) is 42.4. The van der Waals surface area contributed by atoms with E-state index >= 15 is 0 Å². The molecular formula is C2H3EuO2+2. The van der Waals surface area contributed by atoms with E-state index in [4.69, 9.17) is 9.90 Å². The first-order valence-corrected chi connectivity index (χ1v) is 0.908. The van der Waals surface area contributed by atoms with Crippen LogP contribution in [0.2, 0.25) is 0 Å². The van der Waals surface area contributed by atoms with Gasteiger partial charge >= 0.3 is 49.4 Å². The number of hydrogen-bond donors (Lipinski definition) is 0. The summed E-state index contributed by atoms with van der Waals surface area (Å²) < 4.78 is 0. The van der Waals surface area contributed by atoms with Gasteiger partial charge in [0.05, 0.1) is 0 Å². The molecule has 0 aromatic carbocycles. The number of hydrogen-bond acceptors (Lipinski definition) is 2. The first kappa shape index (κ1) is 9.41. The van der Waals surface area contributed by atoms with Crippen molar-refractivity contribution < 1.29 is 59.3 Å². The second-order valence-electron chi connectivity index (χ2n) is 0.492. The zero-order chi connectivity index (χ0) is 3.58. The molecule has 0 aromatic rings.